The van der Waals surface area contributed by atoms with E-state index in [1.54, 1.807) is 6.08 Å². The number of carbonyl (C=O) groups excluding carboxylic acids is 1. The van der Waals surface area contributed by atoms with Crippen LogP contribution in [0.1, 0.15) is 142 Å². The first kappa shape index (κ1) is 42.8. The van der Waals surface area contributed by atoms with Crippen LogP contribution in [-0.4, -0.2) is 41.9 Å². The Labute approximate surface area is 276 Å². The van der Waals surface area contributed by atoms with Crippen molar-refractivity contribution in [1.29, 1.82) is 0 Å². The van der Waals surface area contributed by atoms with E-state index < -0.39 is 28.0 Å². The second-order valence-corrected chi connectivity index (χ2v) is 13.3. The summed E-state index contributed by atoms with van der Waals surface area (Å²) in [6.45, 7) is 4.27. The lowest BCUT2D eigenvalue weighted by atomic mass is 10.0. The Balaban J connectivity index is 3.86. The molecule has 0 aliphatic heterocycles. The Kier molecular flexibility index (Phi) is 30.2. The smallest absolute Gasteiger partial charge is 0.267 e. The molecule has 0 aliphatic carbocycles. The molecule has 0 aromatic carbocycles. The summed E-state index contributed by atoms with van der Waals surface area (Å²) in [6.07, 6.45) is 44.9. The van der Waals surface area contributed by atoms with Crippen LogP contribution < -0.4 is 5.32 Å². The van der Waals surface area contributed by atoms with Crippen molar-refractivity contribution in [3.05, 3.63) is 72.9 Å². The molecule has 2 atom stereocenters. The molecule has 0 aliphatic rings. The molecule has 0 spiro atoms. The molecule has 0 heterocycles. The van der Waals surface area contributed by atoms with Gasteiger partial charge in [-0.25, -0.2) is 0 Å². The van der Waals surface area contributed by atoms with E-state index in [9.17, 15) is 22.9 Å². The third-order valence-corrected chi connectivity index (χ3v) is 8.13. The van der Waals surface area contributed by atoms with Crippen molar-refractivity contribution in [2.45, 2.75) is 154 Å². The largest absolute Gasteiger partial charge is 0.387 e. The molecule has 0 rings (SSSR count). The average Bonchev–Trinajstić information content (AvgIpc) is 3.00. The third-order valence-electron chi connectivity index (χ3n) is 7.35. The standard InChI is InChI=1S/C38H65NO5S/c1-3-5-7-9-11-12-13-14-15-16-17-18-19-20-21-22-23-24-25-26-28-30-32-34-38(41)39-36(35-45(42,43)44)37(40)33-31-29-27-10-8-6-4-2/h5,7-8,10-12,14-15,17-18,31,33,36-37,40H,3-4,6,9,13,16,19-30,32,34-35H2,1-2H3,(H,39,41)(H,42,43,44)/b7-5-,10-8+,12-11-,15-14-,18-17-,33-31+. The molecule has 0 bridgehead atoms. The quantitative estimate of drug-likeness (QED) is 0.0409. The van der Waals surface area contributed by atoms with Gasteiger partial charge in [0, 0.05) is 6.42 Å². The second-order valence-electron chi connectivity index (χ2n) is 11.8. The number of allylic oxidation sites excluding steroid dienone is 11. The van der Waals surface area contributed by atoms with Gasteiger partial charge in [-0.15, -0.1) is 0 Å². The number of hydrogen-bond donors (Lipinski definition) is 3. The molecule has 258 valence electrons. The van der Waals surface area contributed by atoms with Gasteiger partial charge in [-0.05, 0) is 64.2 Å². The summed E-state index contributed by atoms with van der Waals surface area (Å²) in [5.74, 6) is -1.02. The molecule has 0 saturated heterocycles. The predicted octanol–water partition coefficient (Wildman–Crippen LogP) is 9.90. The number of aliphatic hydroxyl groups excluding tert-OH is 1. The van der Waals surface area contributed by atoms with Gasteiger partial charge in [0.15, 0.2) is 0 Å². The maximum absolute atomic E-state index is 12.4. The Morgan fingerprint density at radius 1 is 0.622 bits per heavy atom. The number of unbranched alkanes of at least 4 members (excludes halogenated alkanes) is 12. The highest BCUT2D eigenvalue weighted by Gasteiger charge is 2.24. The highest BCUT2D eigenvalue weighted by molar-refractivity contribution is 7.85. The summed E-state index contributed by atoms with van der Waals surface area (Å²) in [7, 11) is -4.34. The zero-order chi connectivity index (χ0) is 33.3. The summed E-state index contributed by atoms with van der Waals surface area (Å²) in [4.78, 5) is 12.4. The lowest BCUT2D eigenvalue weighted by Crippen LogP contribution is -2.46. The minimum atomic E-state index is -4.34. The number of carbonyl (C=O) groups is 1. The number of rotatable bonds is 30. The topological polar surface area (TPSA) is 104 Å². The van der Waals surface area contributed by atoms with Gasteiger partial charge < -0.3 is 10.4 Å². The fraction of sp³-hybridized carbons (Fsp3) is 0.658. The van der Waals surface area contributed by atoms with Crippen LogP contribution in [0.2, 0.25) is 0 Å². The fourth-order valence-corrected chi connectivity index (χ4v) is 5.49. The van der Waals surface area contributed by atoms with E-state index in [0.717, 1.165) is 77.0 Å². The molecule has 0 aromatic rings. The van der Waals surface area contributed by atoms with Crippen LogP contribution in [-0.2, 0) is 14.9 Å². The number of aliphatic hydroxyl groups is 1. The summed E-state index contributed by atoms with van der Waals surface area (Å²) in [5, 5.41) is 13.0. The molecule has 7 heteroatoms. The first-order chi connectivity index (χ1) is 21.8. The van der Waals surface area contributed by atoms with E-state index in [0.29, 0.717) is 6.42 Å². The van der Waals surface area contributed by atoms with E-state index in [4.69, 9.17) is 0 Å². The maximum atomic E-state index is 12.4. The monoisotopic (exact) mass is 647 g/mol. The van der Waals surface area contributed by atoms with Crippen molar-refractivity contribution in [3.63, 3.8) is 0 Å². The van der Waals surface area contributed by atoms with Crippen LogP contribution >= 0.6 is 0 Å². The average molecular weight is 648 g/mol. The lowest BCUT2D eigenvalue weighted by molar-refractivity contribution is -0.122. The van der Waals surface area contributed by atoms with E-state index >= 15 is 0 Å². The molecule has 6 nitrogen and oxygen atoms in total. The van der Waals surface area contributed by atoms with E-state index in [1.165, 1.54) is 44.6 Å². The Morgan fingerprint density at radius 3 is 1.64 bits per heavy atom. The minimum Gasteiger partial charge on any atom is -0.387 e. The van der Waals surface area contributed by atoms with Gasteiger partial charge in [0.25, 0.3) is 10.1 Å². The summed E-state index contributed by atoms with van der Waals surface area (Å²) in [6, 6.07) is -1.08. The van der Waals surface area contributed by atoms with E-state index in [2.05, 4.69) is 79.9 Å². The van der Waals surface area contributed by atoms with Gasteiger partial charge in [-0.3, -0.25) is 9.35 Å². The van der Waals surface area contributed by atoms with Crippen LogP contribution in [0.15, 0.2) is 72.9 Å². The Bertz CT molecular complexity index is 978. The number of nitrogens with one attached hydrogen (secondary N) is 1. The van der Waals surface area contributed by atoms with Gasteiger partial charge in [-0.1, -0.05) is 145 Å². The molecular weight excluding hydrogens is 582 g/mol. The SMILES string of the molecule is CC/C=C\C/C=C\C/C=C\C/C=C\CCCCCCCCCCCCC(=O)NC(CS(=O)(=O)O)C(O)/C=C/CC/C=C/CCC. The molecule has 45 heavy (non-hydrogen) atoms. The van der Waals surface area contributed by atoms with Crippen molar-refractivity contribution < 1.29 is 22.9 Å². The second kappa shape index (κ2) is 31.7. The molecule has 1 amide bonds. The van der Waals surface area contributed by atoms with Crippen LogP contribution in [0.3, 0.4) is 0 Å². The molecular formula is C38H65NO5S. The highest BCUT2D eigenvalue weighted by Crippen LogP contribution is 2.13. The zero-order valence-corrected chi connectivity index (χ0v) is 29.3. The normalized spacial score (nSPS) is 14.3. The van der Waals surface area contributed by atoms with Crippen molar-refractivity contribution in [2.24, 2.45) is 0 Å². The maximum Gasteiger partial charge on any atom is 0.267 e. The lowest BCUT2D eigenvalue weighted by Gasteiger charge is -2.21. The van der Waals surface area contributed by atoms with Crippen molar-refractivity contribution >= 4 is 16.0 Å². The third kappa shape index (κ3) is 33.0. The summed E-state index contributed by atoms with van der Waals surface area (Å²) >= 11 is 0. The Hall–Kier alpha value is -2.22. The van der Waals surface area contributed by atoms with Crippen molar-refractivity contribution in [1.82, 2.24) is 5.32 Å². The predicted molar refractivity (Wildman–Crippen MR) is 193 cm³/mol. The summed E-state index contributed by atoms with van der Waals surface area (Å²) < 4.78 is 32.1. The molecule has 3 N–H and O–H groups in total. The first-order valence-electron chi connectivity index (χ1n) is 17.6. The molecule has 0 saturated carbocycles. The zero-order valence-electron chi connectivity index (χ0n) is 28.5. The highest BCUT2D eigenvalue weighted by atomic mass is 32.2. The van der Waals surface area contributed by atoms with Gasteiger partial charge in [0.05, 0.1) is 17.9 Å². The van der Waals surface area contributed by atoms with Gasteiger partial charge >= 0.3 is 0 Å². The summed E-state index contributed by atoms with van der Waals surface area (Å²) in [5.41, 5.74) is 0. The fourth-order valence-electron chi connectivity index (χ4n) is 4.76. The molecule has 2 unspecified atom stereocenters. The van der Waals surface area contributed by atoms with Crippen molar-refractivity contribution in [2.75, 3.05) is 5.75 Å². The molecule has 0 aromatic heterocycles. The van der Waals surface area contributed by atoms with Crippen LogP contribution in [0, 0.1) is 0 Å². The molecule has 0 fully saturated rings. The molecule has 0 radical (unpaired) electrons. The van der Waals surface area contributed by atoms with Crippen LogP contribution in [0.4, 0.5) is 0 Å². The number of amides is 1. The first-order valence-corrected chi connectivity index (χ1v) is 19.2. The van der Waals surface area contributed by atoms with Gasteiger partial charge in [-0.2, -0.15) is 8.42 Å². The van der Waals surface area contributed by atoms with Crippen molar-refractivity contribution in [3.8, 4) is 0 Å². The van der Waals surface area contributed by atoms with Gasteiger partial charge in [0.1, 0.15) is 0 Å². The van der Waals surface area contributed by atoms with E-state index in [-0.39, 0.29) is 12.3 Å². The minimum absolute atomic E-state index is 0.278. The van der Waals surface area contributed by atoms with Gasteiger partial charge in [0.2, 0.25) is 5.91 Å². The van der Waals surface area contributed by atoms with E-state index in [1.807, 2.05) is 0 Å². The van der Waals surface area contributed by atoms with Crippen LogP contribution in [0.5, 0.6) is 0 Å². The number of hydrogen-bond acceptors (Lipinski definition) is 4. The Morgan fingerprint density at radius 2 is 1.09 bits per heavy atom. The van der Waals surface area contributed by atoms with Crippen LogP contribution in [0.25, 0.3) is 0 Å².